The normalized spacial score (nSPS) is 29.3. The number of alkyl halides is 3. The Balaban J connectivity index is 1.43. The number of nitrogens with zero attached hydrogens (tertiary/aromatic N) is 3. The second kappa shape index (κ2) is 10.3. The zero-order valence-corrected chi connectivity index (χ0v) is 22.6. The van der Waals surface area contributed by atoms with E-state index < -0.39 is 27.9 Å². The highest BCUT2D eigenvalue weighted by atomic mass is 32.2. The number of morpholine rings is 1. The lowest BCUT2D eigenvalue weighted by Crippen LogP contribution is -2.64. The van der Waals surface area contributed by atoms with Crippen LogP contribution in [0.1, 0.15) is 25.3 Å². The summed E-state index contributed by atoms with van der Waals surface area (Å²) in [6, 6.07) is 8.66. The minimum absolute atomic E-state index is 0.00730. The van der Waals surface area contributed by atoms with Crippen LogP contribution in [0.15, 0.2) is 46.0 Å². The molecule has 5 rings (SSSR count). The zero-order valence-electron chi connectivity index (χ0n) is 20.9. The van der Waals surface area contributed by atoms with Gasteiger partial charge in [-0.05, 0) is 48.9 Å². The Kier molecular flexibility index (Phi) is 7.57. The van der Waals surface area contributed by atoms with Crippen molar-refractivity contribution in [2.24, 2.45) is 0 Å². The Hall–Kier alpha value is -1.74. The van der Waals surface area contributed by atoms with E-state index in [1.54, 1.807) is 29.6 Å². The molecule has 1 aromatic heterocycles. The highest BCUT2D eigenvalue weighted by Gasteiger charge is 2.51. The first-order valence-electron chi connectivity index (χ1n) is 12.6. The van der Waals surface area contributed by atoms with Gasteiger partial charge in [-0.2, -0.15) is 17.5 Å². The molecule has 3 saturated heterocycles. The molecule has 2 unspecified atom stereocenters. The van der Waals surface area contributed by atoms with Gasteiger partial charge in [0.25, 0.3) is 10.0 Å². The van der Waals surface area contributed by atoms with Crippen LogP contribution >= 0.6 is 11.3 Å². The fraction of sp³-hybridized carbons (Fsp3) is 0.600. The van der Waals surface area contributed by atoms with E-state index in [9.17, 15) is 31.8 Å². The number of aliphatic hydroxyl groups is 2. The molecule has 2 aromatic rings. The Morgan fingerprint density at radius 3 is 2.32 bits per heavy atom. The van der Waals surface area contributed by atoms with Gasteiger partial charge in [0.05, 0.1) is 25.4 Å². The number of ether oxygens (including phenoxy) is 1. The molecule has 3 fully saturated rings. The van der Waals surface area contributed by atoms with Crippen molar-refractivity contribution >= 4 is 27.0 Å². The first kappa shape index (κ1) is 27.8. The SMILES string of the molecule is C[C@@](O)(c1ccc(N2CCN(S(=O)(=O)c3cccs3)C[C@@H]2CN2C3COC[C@@H]2CC(O)C3)cc1)C(F)(F)F. The third-order valence-electron chi connectivity index (χ3n) is 7.92. The Labute approximate surface area is 224 Å². The minimum Gasteiger partial charge on any atom is -0.393 e. The van der Waals surface area contributed by atoms with Gasteiger partial charge in [-0.25, -0.2) is 8.42 Å². The van der Waals surface area contributed by atoms with E-state index in [2.05, 4.69) is 4.90 Å². The predicted octanol–water partition coefficient (Wildman–Crippen LogP) is 2.62. The summed E-state index contributed by atoms with van der Waals surface area (Å²) in [7, 11) is -3.68. The summed E-state index contributed by atoms with van der Waals surface area (Å²) < 4.78 is 74.2. The van der Waals surface area contributed by atoms with Gasteiger partial charge < -0.3 is 19.8 Å². The Morgan fingerprint density at radius 2 is 1.74 bits per heavy atom. The van der Waals surface area contributed by atoms with Crippen LogP contribution in [0.4, 0.5) is 18.9 Å². The van der Waals surface area contributed by atoms with Crippen molar-refractivity contribution in [3.05, 3.63) is 47.3 Å². The topological polar surface area (TPSA) is 93.6 Å². The maximum atomic E-state index is 13.4. The maximum absolute atomic E-state index is 13.4. The molecule has 1 aromatic carbocycles. The van der Waals surface area contributed by atoms with Crippen molar-refractivity contribution in [2.75, 3.05) is 44.3 Å². The molecule has 13 heteroatoms. The molecule has 0 amide bonds. The fourth-order valence-corrected chi connectivity index (χ4v) is 8.34. The molecule has 0 spiro atoms. The van der Waals surface area contributed by atoms with Crippen LogP contribution in [0, 0.1) is 0 Å². The highest BCUT2D eigenvalue weighted by Crippen LogP contribution is 2.39. The van der Waals surface area contributed by atoms with Crippen molar-refractivity contribution in [3.63, 3.8) is 0 Å². The summed E-state index contributed by atoms with van der Waals surface area (Å²) in [6.45, 7) is 3.01. The molecule has 2 bridgehead atoms. The molecule has 0 aliphatic carbocycles. The summed E-state index contributed by atoms with van der Waals surface area (Å²) in [4.78, 5) is 4.33. The van der Waals surface area contributed by atoms with Crippen LogP contribution < -0.4 is 4.90 Å². The van der Waals surface area contributed by atoms with Gasteiger partial charge in [0.15, 0.2) is 5.60 Å². The first-order valence-corrected chi connectivity index (χ1v) is 14.9. The van der Waals surface area contributed by atoms with Gasteiger partial charge in [-0.1, -0.05) is 18.2 Å². The van der Waals surface area contributed by atoms with Crippen molar-refractivity contribution in [1.82, 2.24) is 9.21 Å². The summed E-state index contributed by atoms with van der Waals surface area (Å²) >= 11 is 1.16. The average Bonchev–Trinajstić information content (AvgIpc) is 3.40. The quantitative estimate of drug-likeness (QED) is 0.547. The van der Waals surface area contributed by atoms with E-state index in [0.29, 0.717) is 44.8 Å². The molecule has 3 aliphatic rings. The third kappa shape index (κ3) is 5.21. The fourth-order valence-electron chi connectivity index (χ4n) is 5.72. The number of fused-ring (bicyclic) bond motifs is 2. The standard InChI is InChI=1S/C25H32F3N3O5S2/c1-24(33,25(26,27)28)17-4-6-18(7-5-17)30-9-8-29(38(34,35)23-3-2-10-37-23)13-21(30)14-31-19-11-22(32)12-20(31)16-36-15-19/h2-7,10,19-22,32-33H,8-9,11-16H2,1H3/t19-,20?,21+,22?,24+/m0/s1. The third-order valence-corrected chi connectivity index (χ3v) is 11.2. The smallest absolute Gasteiger partial charge is 0.393 e. The van der Waals surface area contributed by atoms with E-state index >= 15 is 0 Å². The number of halogens is 3. The first-order chi connectivity index (χ1) is 17.9. The summed E-state index contributed by atoms with van der Waals surface area (Å²) in [5.74, 6) is 0. The van der Waals surface area contributed by atoms with Crippen LogP contribution in [0.3, 0.4) is 0 Å². The number of anilines is 1. The molecule has 38 heavy (non-hydrogen) atoms. The lowest BCUT2D eigenvalue weighted by atomic mass is 9.91. The highest BCUT2D eigenvalue weighted by molar-refractivity contribution is 7.91. The molecule has 0 saturated carbocycles. The largest absolute Gasteiger partial charge is 0.421 e. The van der Waals surface area contributed by atoms with Gasteiger partial charge in [0.2, 0.25) is 0 Å². The molecule has 210 valence electrons. The van der Waals surface area contributed by atoms with Crippen LogP contribution in [-0.4, -0.2) is 97.6 Å². The van der Waals surface area contributed by atoms with Gasteiger partial charge >= 0.3 is 6.18 Å². The average molecular weight is 576 g/mol. The number of rotatable bonds is 6. The second-order valence-electron chi connectivity index (χ2n) is 10.4. The van der Waals surface area contributed by atoms with Gasteiger partial charge in [-0.3, -0.25) is 4.90 Å². The van der Waals surface area contributed by atoms with Crippen molar-refractivity contribution in [3.8, 4) is 0 Å². The number of piperidine rings is 1. The van der Waals surface area contributed by atoms with E-state index in [1.807, 2.05) is 4.90 Å². The number of aliphatic hydroxyl groups excluding tert-OH is 1. The molecular weight excluding hydrogens is 543 g/mol. The lowest BCUT2D eigenvalue weighted by molar-refractivity contribution is -0.258. The maximum Gasteiger partial charge on any atom is 0.421 e. The number of thiophene rings is 1. The van der Waals surface area contributed by atoms with Crippen LogP contribution in [-0.2, 0) is 20.4 Å². The van der Waals surface area contributed by atoms with Crippen LogP contribution in [0.5, 0.6) is 0 Å². The molecule has 5 atom stereocenters. The number of benzene rings is 1. The molecule has 3 aliphatic heterocycles. The Morgan fingerprint density at radius 1 is 1.08 bits per heavy atom. The zero-order chi connectivity index (χ0) is 27.3. The van der Waals surface area contributed by atoms with Crippen molar-refractivity contribution in [2.45, 2.75) is 60.0 Å². The predicted molar refractivity (Wildman–Crippen MR) is 137 cm³/mol. The molecule has 2 N–H and O–H groups in total. The summed E-state index contributed by atoms with van der Waals surface area (Å²) in [5, 5.41) is 22.1. The van der Waals surface area contributed by atoms with Crippen LogP contribution in [0.2, 0.25) is 0 Å². The molecule has 4 heterocycles. The molecule has 8 nitrogen and oxygen atoms in total. The molecular formula is C25H32F3N3O5S2. The number of sulfonamides is 1. The van der Waals surface area contributed by atoms with Gasteiger partial charge in [-0.15, -0.1) is 11.3 Å². The summed E-state index contributed by atoms with van der Waals surface area (Å²) in [6.07, 6.45) is -4.09. The van der Waals surface area contributed by atoms with E-state index in [1.165, 1.54) is 16.4 Å². The summed E-state index contributed by atoms with van der Waals surface area (Å²) in [5.41, 5.74) is -2.59. The number of hydrogen-bond donors (Lipinski definition) is 2. The van der Waals surface area contributed by atoms with Gasteiger partial charge in [0, 0.05) is 44.0 Å². The molecule has 0 radical (unpaired) electrons. The van der Waals surface area contributed by atoms with Crippen molar-refractivity contribution < 1.29 is 36.5 Å². The Bertz CT molecular complexity index is 1190. The van der Waals surface area contributed by atoms with E-state index in [-0.39, 0.29) is 41.0 Å². The lowest BCUT2D eigenvalue weighted by Gasteiger charge is -2.51. The minimum atomic E-state index is -4.82. The van der Waals surface area contributed by atoms with E-state index in [4.69, 9.17) is 4.74 Å². The second-order valence-corrected chi connectivity index (χ2v) is 13.5. The van der Waals surface area contributed by atoms with Gasteiger partial charge in [0.1, 0.15) is 4.21 Å². The van der Waals surface area contributed by atoms with E-state index in [0.717, 1.165) is 18.3 Å². The van der Waals surface area contributed by atoms with Crippen molar-refractivity contribution in [1.29, 1.82) is 0 Å². The number of hydrogen-bond acceptors (Lipinski definition) is 8. The monoisotopic (exact) mass is 575 g/mol. The number of piperazine rings is 1. The van der Waals surface area contributed by atoms with Crippen LogP contribution in [0.25, 0.3) is 0 Å².